The van der Waals surface area contributed by atoms with Gasteiger partial charge in [0.25, 0.3) is 5.56 Å². The number of aliphatic hydroxyl groups is 2. The number of aromatic nitrogens is 2. The van der Waals surface area contributed by atoms with Crippen molar-refractivity contribution < 1.29 is 17.7 Å². The summed E-state index contributed by atoms with van der Waals surface area (Å²) in [6.07, 6.45) is 1.32. The molecule has 0 aromatic carbocycles. The third-order valence-corrected chi connectivity index (χ3v) is 2.94. The van der Waals surface area contributed by atoms with Crippen molar-refractivity contribution in [3.05, 3.63) is 33.1 Å². The summed E-state index contributed by atoms with van der Waals surface area (Å²) in [4.78, 5) is 24.8. The van der Waals surface area contributed by atoms with Crippen molar-refractivity contribution in [2.45, 2.75) is 24.0 Å². The number of nitrogens with one attached hydrogen (secondary N) is 1. The molecule has 1 unspecified atom stereocenters. The average Bonchev–Trinajstić information content (AvgIpc) is 2.63. The van der Waals surface area contributed by atoms with Crippen LogP contribution in [0.1, 0.15) is 8.97 Å². The molecular formula is C11H13N3O5. The maximum atomic E-state index is 11.8. The molecular weight excluding hydrogens is 254 g/mol. The lowest BCUT2D eigenvalue weighted by Gasteiger charge is -2.27. The summed E-state index contributed by atoms with van der Waals surface area (Å²) >= 11 is 0. The summed E-state index contributed by atoms with van der Waals surface area (Å²) in [7, 11) is 0. The summed E-state index contributed by atoms with van der Waals surface area (Å²) in [6.45, 7) is -2.93. The first-order valence-corrected chi connectivity index (χ1v) is 5.25. The molecule has 1 aromatic rings. The minimum absolute atomic E-state index is 0.660. The van der Waals surface area contributed by atoms with E-state index < -0.39 is 41.8 Å². The van der Waals surface area contributed by atoms with E-state index in [-0.39, 0.29) is 0 Å². The van der Waals surface area contributed by atoms with Crippen LogP contribution in [-0.2, 0) is 4.74 Å². The van der Waals surface area contributed by atoms with E-state index in [1.165, 1.54) is 0 Å². The second-order valence-electron chi connectivity index (χ2n) is 4.08. The minimum atomic E-state index is -2.93. The zero-order valence-electron chi connectivity index (χ0n) is 11.6. The number of aliphatic hydroxyl groups excluding tert-OH is 1. The highest BCUT2D eigenvalue weighted by Gasteiger charge is 2.54. The zero-order valence-corrected chi connectivity index (χ0v) is 9.61. The molecule has 4 atom stereocenters. The molecule has 0 radical (unpaired) electrons. The van der Waals surface area contributed by atoms with E-state index in [1.807, 2.05) is 4.98 Å². The van der Waals surface area contributed by atoms with E-state index in [1.54, 1.807) is 0 Å². The maximum absolute atomic E-state index is 11.8. The first kappa shape index (κ1) is 11.0. The van der Waals surface area contributed by atoms with Gasteiger partial charge in [-0.1, -0.05) is 5.92 Å². The normalized spacial score (nSPS) is 36.4. The number of aromatic amines is 1. The number of hydrogen-bond donors (Lipinski definition) is 4. The summed E-state index contributed by atoms with van der Waals surface area (Å²) in [5.74, 6) is 2.06. The third-order valence-electron chi connectivity index (χ3n) is 2.94. The molecule has 8 nitrogen and oxygen atoms in total. The summed E-state index contributed by atoms with van der Waals surface area (Å²) in [5, 5.41) is 19.4. The van der Waals surface area contributed by atoms with Gasteiger partial charge in [0.15, 0.2) is 11.8 Å². The standard InChI is InChI=1S/C11H13N3O5/c1-2-11(12)8(17)6(5-15)19-9(11)14-4-3-7(16)13-10(14)18/h1,3-4,6,8-9,15,17H,5,12H2,(H,13,16,18)/t6-,8+,9-,11?/m1/s1/i5D2. The molecule has 2 heterocycles. The van der Waals surface area contributed by atoms with Crippen LogP contribution in [0.25, 0.3) is 0 Å². The van der Waals surface area contributed by atoms with Crippen LogP contribution in [0, 0.1) is 12.3 Å². The number of nitrogens with two attached hydrogens (primary N) is 1. The summed E-state index contributed by atoms with van der Waals surface area (Å²) < 4.78 is 20.4. The fourth-order valence-electron chi connectivity index (χ4n) is 1.89. The Labute approximate surface area is 110 Å². The molecule has 102 valence electrons. The maximum Gasteiger partial charge on any atom is 0.330 e. The number of H-pyrrole nitrogens is 1. The minimum Gasteiger partial charge on any atom is -0.394 e. The predicted molar refractivity (Wildman–Crippen MR) is 64.1 cm³/mol. The summed E-state index contributed by atoms with van der Waals surface area (Å²) in [6, 6.07) is 1.01. The molecule has 1 aromatic heterocycles. The molecule has 1 aliphatic heterocycles. The van der Waals surface area contributed by atoms with Crippen LogP contribution in [0.15, 0.2) is 21.9 Å². The molecule has 0 amide bonds. The third kappa shape index (κ3) is 1.98. The second-order valence-corrected chi connectivity index (χ2v) is 4.08. The number of ether oxygens (including phenoxy) is 1. The molecule has 0 bridgehead atoms. The van der Waals surface area contributed by atoms with Crippen molar-refractivity contribution >= 4 is 0 Å². The van der Waals surface area contributed by atoms with Gasteiger partial charge in [-0.05, 0) is 0 Å². The monoisotopic (exact) mass is 269 g/mol. The van der Waals surface area contributed by atoms with Crippen molar-refractivity contribution in [1.29, 1.82) is 0 Å². The Morgan fingerprint density at radius 2 is 2.42 bits per heavy atom. The van der Waals surface area contributed by atoms with E-state index in [0.29, 0.717) is 0 Å². The van der Waals surface area contributed by atoms with E-state index >= 15 is 0 Å². The SMILES string of the molecule is [2H]C([2H])(O)[C@H]1O[C@@H](n2ccc(=O)[nH]c2=O)C(N)(C#C)[C@H]1O. The van der Waals surface area contributed by atoms with Gasteiger partial charge in [-0.3, -0.25) is 14.3 Å². The lowest BCUT2D eigenvalue weighted by Crippen LogP contribution is -2.55. The van der Waals surface area contributed by atoms with Crippen LogP contribution < -0.4 is 17.0 Å². The van der Waals surface area contributed by atoms with Crippen molar-refractivity contribution in [1.82, 2.24) is 9.55 Å². The fraction of sp³-hybridized carbons (Fsp3) is 0.455. The Morgan fingerprint density at radius 3 is 2.95 bits per heavy atom. The van der Waals surface area contributed by atoms with Gasteiger partial charge in [0.05, 0.1) is 9.30 Å². The van der Waals surface area contributed by atoms with Gasteiger partial charge in [-0.25, -0.2) is 4.79 Å². The Morgan fingerprint density at radius 1 is 1.74 bits per heavy atom. The molecule has 0 saturated carbocycles. The smallest absolute Gasteiger partial charge is 0.330 e. The highest BCUT2D eigenvalue weighted by Crippen LogP contribution is 2.35. The first-order chi connectivity index (χ1) is 9.61. The van der Waals surface area contributed by atoms with Gasteiger partial charge in [0.2, 0.25) is 0 Å². The molecule has 1 aliphatic rings. The van der Waals surface area contributed by atoms with Crippen molar-refractivity contribution in [3.63, 3.8) is 0 Å². The fourth-order valence-corrected chi connectivity index (χ4v) is 1.89. The molecule has 0 aliphatic carbocycles. The van der Waals surface area contributed by atoms with Gasteiger partial charge in [0.1, 0.15) is 12.2 Å². The van der Waals surface area contributed by atoms with E-state index in [2.05, 4.69) is 5.92 Å². The van der Waals surface area contributed by atoms with Crippen LogP contribution in [0.2, 0.25) is 0 Å². The topological polar surface area (TPSA) is 131 Å². The molecule has 5 N–H and O–H groups in total. The number of terminal acetylenes is 1. The first-order valence-electron chi connectivity index (χ1n) is 6.25. The van der Waals surface area contributed by atoms with Gasteiger partial charge >= 0.3 is 5.69 Å². The predicted octanol–water partition coefficient (Wildman–Crippen LogP) is -2.88. The van der Waals surface area contributed by atoms with E-state index in [4.69, 9.17) is 19.6 Å². The Hall–Kier alpha value is -1.92. The largest absolute Gasteiger partial charge is 0.394 e. The highest BCUT2D eigenvalue weighted by atomic mass is 16.5. The van der Waals surface area contributed by atoms with Gasteiger partial charge in [-0.2, -0.15) is 0 Å². The van der Waals surface area contributed by atoms with E-state index in [0.717, 1.165) is 16.8 Å². The quantitative estimate of drug-likeness (QED) is 0.426. The molecule has 0 spiro atoms. The average molecular weight is 269 g/mol. The van der Waals surface area contributed by atoms with Crippen LogP contribution >= 0.6 is 0 Å². The van der Waals surface area contributed by atoms with Gasteiger partial charge in [0, 0.05) is 12.3 Å². The molecule has 19 heavy (non-hydrogen) atoms. The molecule has 8 heteroatoms. The van der Waals surface area contributed by atoms with Crippen LogP contribution in [0.4, 0.5) is 0 Å². The highest BCUT2D eigenvalue weighted by molar-refractivity contribution is 5.22. The van der Waals surface area contributed by atoms with Crippen molar-refractivity contribution in [3.8, 4) is 12.3 Å². The number of rotatable bonds is 2. The summed E-state index contributed by atoms with van der Waals surface area (Å²) in [5.41, 5.74) is 2.30. The van der Waals surface area contributed by atoms with Gasteiger partial charge < -0.3 is 20.7 Å². The Balaban J connectivity index is 2.55. The molecule has 1 saturated heterocycles. The van der Waals surface area contributed by atoms with E-state index in [9.17, 15) is 19.8 Å². The lowest BCUT2D eigenvalue weighted by molar-refractivity contribution is -0.0477. The van der Waals surface area contributed by atoms with Crippen molar-refractivity contribution in [2.24, 2.45) is 5.73 Å². The number of nitrogens with zero attached hydrogens (tertiary/aromatic N) is 1. The molecule has 2 rings (SSSR count). The molecule has 1 fully saturated rings. The Bertz CT molecular complexity index is 703. The zero-order chi connectivity index (χ0) is 16.0. The Kier molecular flexibility index (Phi) is 2.67. The number of hydrogen-bond acceptors (Lipinski definition) is 6. The van der Waals surface area contributed by atoms with Crippen LogP contribution in [0.5, 0.6) is 0 Å². The second kappa shape index (κ2) is 4.64. The van der Waals surface area contributed by atoms with Crippen LogP contribution in [0.3, 0.4) is 0 Å². The van der Waals surface area contributed by atoms with Crippen molar-refractivity contribution in [2.75, 3.05) is 6.56 Å². The lowest BCUT2D eigenvalue weighted by atomic mass is 9.92. The van der Waals surface area contributed by atoms with Crippen LogP contribution in [-0.4, -0.2) is 44.1 Å². The van der Waals surface area contributed by atoms with Gasteiger partial charge in [-0.15, -0.1) is 6.42 Å².